The number of H-pyrrole nitrogens is 1. The molecular weight excluding hydrogens is 266 g/mol. The molecule has 116 valence electrons. The maximum atomic E-state index is 12.7. The number of aromatic nitrogens is 1. The molecule has 1 aliphatic heterocycles. The smallest absolute Gasteiger partial charge is 0.260 e. The van der Waals surface area contributed by atoms with E-state index in [9.17, 15) is 9.59 Å². The molecule has 2 rings (SSSR count). The molecule has 1 amide bonds. The third kappa shape index (κ3) is 3.94. The molecule has 1 aromatic rings. The van der Waals surface area contributed by atoms with Crippen molar-refractivity contribution in [2.45, 2.75) is 39.7 Å². The van der Waals surface area contributed by atoms with Crippen LogP contribution in [0.1, 0.15) is 42.7 Å². The summed E-state index contributed by atoms with van der Waals surface area (Å²) in [6.07, 6.45) is 2.17. The van der Waals surface area contributed by atoms with E-state index in [2.05, 4.69) is 10.3 Å². The highest BCUT2D eigenvalue weighted by Gasteiger charge is 2.25. The van der Waals surface area contributed by atoms with Gasteiger partial charge in [-0.25, -0.2) is 0 Å². The summed E-state index contributed by atoms with van der Waals surface area (Å²) < 4.78 is 0. The zero-order valence-electron chi connectivity index (χ0n) is 13.1. The molecule has 0 radical (unpaired) electrons. The molecule has 1 saturated heterocycles. The van der Waals surface area contributed by atoms with Crippen molar-refractivity contribution in [3.8, 4) is 0 Å². The Bertz CT molecular complexity index is 545. The van der Waals surface area contributed by atoms with Crippen LogP contribution in [-0.2, 0) is 0 Å². The average Bonchev–Trinajstić information content (AvgIpc) is 2.45. The molecule has 0 bridgehead atoms. The van der Waals surface area contributed by atoms with Crippen LogP contribution in [0.2, 0.25) is 0 Å². The van der Waals surface area contributed by atoms with Crippen LogP contribution < -0.4 is 10.9 Å². The second-order valence-electron chi connectivity index (χ2n) is 6.13. The molecule has 0 spiro atoms. The van der Waals surface area contributed by atoms with E-state index in [0.29, 0.717) is 5.92 Å². The van der Waals surface area contributed by atoms with Crippen LogP contribution in [0, 0.1) is 12.8 Å². The molecule has 2 N–H and O–H groups in total. The first-order valence-electron chi connectivity index (χ1n) is 7.70. The van der Waals surface area contributed by atoms with Crippen LogP contribution in [0.5, 0.6) is 0 Å². The van der Waals surface area contributed by atoms with Crippen LogP contribution >= 0.6 is 0 Å². The van der Waals surface area contributed by atoms with E-state index in [1.807, 2.05) is 25.7 Å². The molecule has 1 aliphatic rings. The van der Waals surface area contributed by atoms with Gasteiger partial charge in [0.25, 0.3) is 11.5 Å². The van der Waals surface area contributed by atoms with Crippen molar-refractivity contribution in [3.63, 3.8) is 0 Å². The first-order chi connectivity index (χ1) is 9.99. The summed E-state index contributed by atoms with van der Waals surface area (Å²) in [6, 6.07) is 3.50. The minimum Gasteiger partial charge on any atom is -0.336 e. The zero-order chi connectivity index (χ0) is 15.4. The Morgan fingerprint density at radius 1 is 1.33 bits per heavy atom. The van der Waals surface area contributed by atoms with E-state index in [1.165, 1.54) is 0 Å². The van der Waals surface area contributed by atoms with E-state index >= 15 is 0 Å². The second-order valence-corrected chi connectivity index (χ2v) is 6.13. The highest BCUT2D eigenvalue weighted by Crippen LogP contribution is 2.16. The Labute approximate surface area is 125 Å². The van der Waals surface area contributed by atoms with E-state index in [4.69, 9.17) is 0 Å². The quantitative estimate of drug-likeness (QED) is 0.884. The number of nitrogens with zero attached hydrogens (tertiary/aromatic N) is 1. The number of aromatic amines is 1. The van der Waals surface area contributed by atoms with Crippen LogP contribution in [0.25, 0.3) is 0 Å². The van der Waals surface area contributed by atoms with Crippen LogP contribution in [0.4, 0.5) is 0 Å². The number of rotatable bonds is 4. The Kier molecular flexibility index (Phi) is 5.17. The van der Waals surface area contributed by atoms with Gasteiger partial charge in [-0.2, -0.15) is 0 Å². The van der Waals surface area contributed by atoms with Gasteiger partial charge < -0.3 is 15.2 Å². The monoisotopic (exact) mass is 291 g/mol. The number of pyridine rings is 1. The molecule has 0 saturated carbocycles. The predicted octanol–water partition coefficient (Wildman–Crippen LogP) is 1.53. The Hall–Kier alpha value is -1.62. The number of carbonyl (C=O) groups excluding carboxylic acids is 1. The largest absolute Gasteiger partial charge is 0.336 e. The number of piperidine rings is 1. The molecule has 0 aromatic carbocycles. The molecule has 0 atom stereocenters. The van der Waals surface area contributed by atoms with Crippen molar-refractivity contribution < 1.29 is 4.79 Å². The molecule has 0 unspecified atom stereocenters. The summed E-state index contributed by atoms with van der Waals surface area (Å²) in [4.78, 5) is 29.2. The fourth-order valence-corrected chi connectivity index (χ4v) is 2.77. The van der Waals surface area contributed by atoms with Gasteiger partial charge in [-0.1, -0.05) is 0 Å². The summed E-state index contributed by atoms with van der Waals surface area (Å²) in [6.45, 7) is 8.56. The fraction of sp³-hybridized carbons (Fsp3) is 0.625. The highest BCUT2D eigenvalue weighted by atomic mass is 16.2. The topological polar surface area (TPSA) is 65.2 Å². The minimum atomic E-state index is -0.295. The van der Waals surface area contributed by atoms with E-state index in [0.717, 1.165) is 38.2 Å². The van der Waals surface area contributed by atoms with Crippen LogP contribution in [0.15, 0.2) is 16.9 Å². The average molecular weight is 291 g/mol. The van der Waals surface area contributed by atoms with Crippen molar-refractivity contribution in [1.29, 1.82) is 0 Å². The van der Waals surface area contributed by atoms with Crippen LogP contribution in [-0.4, -0.2) is 41.5 Å². The SMILES string of the molecule is Cc1ccc(C(=O)N(CC2CCNCC2)C(C)C)c(=O)[nH]1. The summed E-state index contributed by atoms with van der Waals surface area (Å²) in [5.41, 5.74) is 0.713. The first-order valence-corrected chi connectivity index (χ1v) is 7.70. The van der Waals surface area contributed by atoms with Gasteiger partial charge in [0, 0.05) is 18.3 Å². The molecule has 0 aliphatic carbocycles. The van der Waals surface area contributed by atoms with Gasteiger partial charge in [0.1, 0.15) is 5.56 Å². The number of carbonyl (C=O) groups is 1. The number of amides is 1. The van der Waals surface area contributed by atoms with E-state index in [1.54, 1.807) is 12.1 Å². The van der Waals surface area contributed by atoms with E-state index in [-0.39, 0.29) is 23.1 Å². The standard InChI is InChI=1S/C16H25N3O2/c1-11(2)19(10-13-6-8-17-9-7-13)16(21)14-5-4-12(3)18-15(14)20/h4-5,11,13,17H,6-10H2,1-3H3,(H,18,20). The number of nitrogens with one attached hydrogen (secondary N) is 2. The number of hydrogen-bond donors (Lipinski definition) is 2. The molecule has 1 fully saturated rings. The lowest BCUT2D eigenvalue weighted by Crippen LogP contribution is -2.44. The van der Waals surface area contributed by atoms with E-state index < -0.39 is 0 Å². The van der Waals surface area contributed by atoms with Crippen molar-refractivity contribution in [2.75, 3.05) is 19.6 Å². The van der Waals surface area contributed by atoms with Crippen molar-refractivity contribution in [2.24, 2.45) is 5.92 Å². The lowest BCUT2D eigenvalue weighted by Gasteiger charge is -2.32. The van der Waals surface area contributed by atoms with Crippen LogP contribution in [0.3, 0.4) is 0 Å². The fourth-order valence-electron chi connectivity index (χ4n) is 2.77. The predicted molar refractivity (Wildman–Crippen MR) is 83.6 cm³/mol. The normalized spacial score (nSPS) is 16.2. The van der Waals surface area contributed by atoms with Gasteiger partial charge in [-0.05, 0) is 64.8 Å². The van der Waals surface area contributed by atoms with Gasteiger partial charge in [-0.15, -0.1) is 0 Å². The van der Waals surface area contributed by atoms with Crippen molar-refractivity contribution >= 4 is 5.91 Å². The Morgan fingerprint density at radius 2 is 2.00 bits per heavy atom. The molecule has 21 heavy (non-hydrogen) atoms. The third-order valence-corrected chi connectivity index (χ3v) is 4.08. The molecular formula is C16H25N3O2. The van der Waals surface area contributed by atoms with Gasteiger partial charge in [0.05, 0.1) is 0 Å². The second kappa shape index (κ2) is 6.89. The molecule has 2 heterocycles. The molecule has 5 heteroatoms. The van der Waals surface area contributed by atoms with Gasteiger partial charge >= 0.3 is 0 Å². The summed E-state index contributed by atoms with van der Waals surface area (Å²) in [5.74, 6) is 0.354. The maximum Gasteiger partial charge on any atom is 0.260 e. The number of aryl methyl sites for hydroxylation is 1. The lowest BCUT2D eigenvalue weighted by molar-refractivity contribution is 0.0656. The number of hydrogen-bond acceptors (Lipinski definition) is 3. The van der Waals surface area contributed by atoms with Gasteiger partial charge in [0.15, 0.2) is 0 Å². The van der Waals surface area contributed by atoms with Gasteiger partial charge in [-0.3, -0.25) is 9.59 Å². The van der Waals surface area contributed by atoms with Crippen molar-refractivity contribution in [3.05, 3.63) is 33.7 Å². The first kappa shape index (κ1) is 15.8. The third-order valence-electron chi connectivity index (χ3n) is 4.08. The lowest BCUT2D eigenvalue weighted by atomic mass is 9.96. The molecule has 1 aromatic heterocycles. The summed E-state index contributed by atoms with van der Waals surface area (Å²) >= 11 is 0. The summed E-state index contributed by atoms with van der Waals surface area (Å²) in [5, 5.41) is 3.33. The Morgan fingerprint density at radius 3 is 2.57 bits per heavy atom. The highest BCUT2D eigenvalue weighted by molar-refractivity contribution is 5.94. The van der Waals surface area contributed by atoms with Gasteiger partial charge in [0.2, 0.25) is 0 Å². The maximum absolute atomic E-state index is 12.7. The zero-order valence-corrected chi connectivity index (χ0v) is 13.1. The minimum absolute atomic E-state index is 0.0908. The Balaban J connectivity index is 2.16. The molecule has 5 nitrogen and oxygen atoms in total. The summed E-state index contributed by atoms with van der Waals surface area (Å²) in [7, 11) is 0. The van der Waals surface area contributed by atoms with Crippen molar-refractivity contribution in [1.82, 2.24) is 15.2 Å².